The summed E-state index contributed by atoms with van der Waals surface area (Å²) in [5, 5.41) is 12.2. The van der Waals surface area contributed by atoms with Crippen molar-refractivity contribution in [2.24, 2.45) is 5.92 Å². The van der Waals surface area contributed by atoms with Crippen LogP contribution < -0.4 is 5.32 Å². The van der Waals surface area contributed by atoms with E-state index in [1.54, 1.807) is 0 Å². The van der Waals surface area contributed by atoms with E-state index in [9.17, 15) is 19.5 Å². The van der Waals surface area contributed by atoms with Crippen LogP contribution in [0.15, 0.2) is 103 Å². The molecule has 0 aliphatic carbocycles. The molecule has 4 aliphatic heterocycles. The summed E-state index contributed by atoms with van der Waals surface area (Å²) >= 11 is 0. The number of hydrogen-bond donors (Lipinski definition) is 2. The molecule has 3 amide bonds. The van der Waals surface area contributed by atoms with Gasteiger partial charge in [0, 0.05) is 44.0 Å². The van der Waals surface area contributed by atoms with E-state index in [1.807, 2.05) is 103 Å². The van der Waals surface area contributed by atoms with E-state index in [0.29, 0.717) is 13.2 Å². The van der Waals surface area contributed by atoms with Gasteiger partial charge >= 0.3 is 6.09 Å². The third-order valence-electron chi connectivity index (χ3n) is 11.5. The second-order valence-electron chi connectivity index (χ2n) is 15.3. The van der Waals surface area contributed by atoms with Crippen LogP contribution in [0.4, 0.5) is 4.79 Å². The van der Waals surface area contributed by atoms with Crippen LogP contribution in [0.3, 0.4) is 0 Å². The molecule has 57 heavy (non-hydrogen) atoms. The second kappa shape index (κ2) is 17.3. The third-order valence-corrected chi connectivity index (χ3v) is 11.5. The van der Waals surface area contributed by atoms with Gasteiger partial charge in [-0.1, -0.05) is 104 Å². The van der Waals surface area contributed by atoms with Gasteiger partial charge in [0.05, 0.1) is 45.0 Å². The van der Waals surface area contributed by atoms with Gasteiger partial charge in [0.2, 0.25) is 5.91 Å². The number of ether oxygens (including phenoxy) is 5. The lowest BCUT2D eigenvalue weighted by atomic mass is 9.89. The average Bonchev–Trinajstić information content (AvgIpc) is 3.81. The van der Waals surface area contributed by atoms with Crippen LogP contribution in [-0.4, -0.2) is 83.6 Å². The first-order valence-corrected chi connectivity index (χ1v) is 19.8. The van der Waals surface area contributed by atoms with Crippen LogP contribution in [0.2, 0.25) is 0 Å². The number of piperidine rings is 1. The molecule has 4 saturated heterocycles. The van der Waals surface area contributed by atoms with Crippen molar-refractivity contribution in [3.8, 4) is 11.1 Å². The molecule has 12 heteroatoms. The fourth-order valence-corrected chi connectivity index (χ4v) is 8.18. The van der Waals surface area contributed by atoms with Crippen molar-refractivity contribution in [3.05, 3.63) is 131 Å². The molecule has 1 unspecified atom stereocenters. The first kappa shape index (κ1) is 38.9. The molecule has 0 bridgehead atoms. The molecule has 2 N–H and O–H groups in total. The van der Waals surface area contributed by atoms with Crippen LogP contribution in [-0.2, 0) is 53.0 Å². The number of nitrogens with zero attached hydrogens (tertiary/aromatic N) is 2. The molecule has 4 fully saturated rings. The van der Waals surface area contributed by atoms with Gasteiger partial charge in [0.25, 0.3) is 5.91 Å². The van der Waals surface area contributed by atoms with Crippen molar-refractivity contribution >= 4 is 17.9 Å². The van der Waals surface area contributed by atoms with E-state index in [2.05, 4.69) is 17.1 Å². The molecule has 5 atom stereocenters. The van der Waals surface area contributed by atoms with Crippen LogP contribution in [0.25, 0.3) is 11.1 Å². The number of nitrogens with one attached hydrogen (secondary N) is 1. The Kier molecular flexibility index (Phi) is 11.8. The number of aliphatic hydroxyl groups excluding tert-OH is 1. The summed E-state index contributed by atoms with van der Waals surface area (Å²) in [6.45, 7) is 6.09. The monoisotopic (exact) mass is 775 g/mol. The van der Waals surface area contributed by atoms with Crippen LogP contribution in [0.5, 0.6) is 0 Å². The van der Waals surface area contributed by atoms with Gasteiger partial charge in [-0.3, -0.25) is 14.5 Å². The first-order chi connectivity index (χ1) is 27.8. The lowest BCUT2D eigenvalue weighted by molar-refractivity contribution is -0.278. The van der Waals surface area contributed by atoms with E-state index in [1.165, 1.54) is 4.90 Å². The van der Waals surface area contributed by atoms with E-state index in [-0.39, 0.29) is 50.2 Å². The van der Waals surface area contributed by atoms with E-state index in [0.717, 1.165) is 71.4 Å². The normalized spacial score (nSPS) is 24.9. The fraction of sp³-hybridized carbons (Fsp3) is 0.400. The number of alkyl carbamates (subject to hydrolysis) is 1. The maximum Gasteiger partial charge on any atom is 0.408 e. The van der Waals surface area contributed by atoms with Gasteiger partial charge in [-0.25, -0.2) is 4.79 Å². The number of aliphatic hydroxyl groups is 1. The first-order valence-electron chi connectivity index (χ1n) is 19.8. The number of amides is 3. The standard InChI is InChI=1S/C45H49N3O9/c1-30-39(27-47-20-18-45(19-21-47)54-22-23-55-45)56-43(57-41(30)35-12-10-31(28-49)11-13-35)36-16-14-34(15-17-36)37-9-5-8-33(24-37)26-48-40(50)25-38(42(48)51)46-44(52)53-29-32-6-3-2-4-7-32/h2-17,24,30,38-39,41,43,49H,18-23,25-29H2,1H3,(H,46,52)/t30-,38?,39+,41+,43+/m1/s1. The second-order valence-corrected chi connectivity index (χ2v) is 15.3. The maximum atomic E-state index is 13.2. The lowest BCUT2D eigenvalue weighted by Crippen LogP contribution is -2.50. The predicted octanol–water partition coefficient (Wildman–Crippen LogP) is 6.03. The number of imide groups is 1. The molecule has 1 spiro atoms. The number of hydrogen-bond acceptors (Lipinski definition) is 10. The number of carbonyl (C=O) groups excluding carboxylic acids is 3. The summed E-state index contributed by atoms with van der Waals surface area (Å²) in [5.74, 6) is -1.20. The summed E-state index contributed by atoms with van der Waals surface area (Å²) in [5.41, 5.74) is 6.26. The maximum absolute atomic E-state index is 13.2. The van der Waals surface area contributed by atoms with Crippen molar-refractivity contribution in [1.82, 2.24) is 15.1 Å². The quantitative estimate of drug-likeness (QED) is 0.174. The van der Waals surface area contributed by atoms with Crippen LogP contribution in [0.1, 0.15) is 66.4 Å². The van der Waals surface area contributed by atoms with Gasteiger partial charge in [0.15, 0.2) is 12.1 Å². The van der Waals surface area contributed by atoms with Gasteiger partial charge in [0.1, 0.15) is 12.6 Å². The lowest BCUT2D eigenvalue weighted by Gasteiger charge is -2.44. The Balaban J connectivity index is 0.924. The van der Waals surface area contributed by atoms with Crippen LogP contribution in [0, 0.1) is 5.92 Å². The molecule has 4 aliphatic rings. The third kappa shape index (κ3) is 8.96. The van der Waals surface area contributed by atoms with Crippen molar-refractivity contribution in [2.75, 3.05) is 32.8 Å². The topological polar surface area (TPSA) is 136 Å². The molecule has 12 nitrogen and oxygen atoms in total. The summed E-state index contributed by atoms with van der Waals surface area (Å²) < 4.78 is 30.7. The number of rotatable bonds is 11. The zero-order valence-electron chi connectivity index (χ0n) is 32.1. The highest BCUT2D eigenvalue weighted by Gasteiger charge is 2.43. The summed E-state index contributed by atoms with van der Waals surface area (Å²) in [7, 11) is 0. The van der Waals surface area contributed by atoms with Gasteiger partial charge < -0.3 is 39.0 Å². The summed E-state index contributed by atoms with van der Waals surface area (Å²) in [6, 6.07) is 32.0. The van der Waals surface area contributed by atoms with Crippen molar-refractivity contribution in [1.29, 1.82) is 0 Å². The minimum Gasteiger partial charge on any atom is -0.445 e. The molecule has 8 rings (SSSR count). The molecule has 4 aromatic carbocycles. The number of benzene rings is 4. The zero-order chi connectivity index (χ0) is 39.4. The zero-order valence-corrected chi connectivity index (χ0v) is 32.1. The molecule has 0 aromatic heterocycles. The molecule has 4 heterocycles. The SMILES string of the molecule is C[C@@H]1[C@H](CN2CCC3(CC2)OCCO3)O[C@H](c2ccc(-c3cccc(CN4C(=O)CC(NC(=O)OCc5ccccc5)C4=O)c3)cc2)O[C@@H]1c1ccc(CO)cc1. The largest absolute Gasteiger partial charge is 0.445 e. The highest BCUT2D eigenvalue weighted by atomic mass is 16.7. The van der Waals surface area contributed by atoms with Crippen molar-refractivity contribution < 1.29 is 43.2 Å². The number of carbonyl (C=O) groups is 3. The van der Waals surface area contributed by atoms with Gasteiger partial charge in [-0.2, -0.15) is 0 Å². The van der Waals surface area contributed by atoms with Gasteiger partial charge in [-0.15, -0.1) is 0 Å². The highest BCUT2D eigenvalue weighted by molar-refractivity contribution is 6.06. The number of likely N-dealkylation sites (tertiary alicyclic amines) is 2. The Morgan fingerprint density at radius 3 is 2.25 bits per heavy atom. The molecule has 298 valence electrons. The summed E-state index contributed by atoms with van der Waals surface area (Å²) in [4.78, 5) is 42.2. The Hall–Kier alpha value is -4.95. The van der Waals surface area contributed by atoms with Crippen molar-refractivity contribution in [2.45, 2.75) is 76.3 Å². The molecular formula is C45H49N3O9. The predicted molar refractivity (Wildman–Crippen MR) is 209 cm³/mol. The molecule has 0 saturated carbocycles. The average molecular weight is 776 g/mol. The molecule has 4 aromatic rings. The van der Waals surface area contributed by atoms with E-state index >= 15 is 0 Å². The minimum absolute atomic E-state index is 0.0186. The van der Waals surface area contributed by atoms with Gasteiger partial charge in [-0.05, 0) is 39.4 Å². The highest BCUT2D eigenvalue weighted by Crippen LogP contribution is 2.43. The van der Waals surface area contributed by atoms with E-state index < -0.39 is 30.1 Å². The fourth-order valence-electron chi connectivity index (χ4n) is 8.18. The Morgan fingerprint density at radius 1 is 0.825 bits per heavy atom. The van der Waals surface area contributed by atoms with Crippen LogP contribution >= 0.6 is 0 Å². The smallest absolute Gasteiger partial charge is 0.408 e. The molecular weight excluding hydrogens is 727 g/mol. The minimum atomic E-state index is -0.976. The molecule has 0 radical (unpaired) electrons. The van der Waals surface area contributed by atoms with E-state index in [4.69, 9.17) is 23.7 Å². The Labute approximate surface area is 332 Å². The summed E-state index contributed by atoms with van der Waals surface area (Å²) in [6.07, 6.45) is -0.134. The Bertz CT molecular complexity index is 2010. The van der Waals surface area contributed by atoms with Crippen molar-refractivity contribution in [3.63, 3.8) is 0 Å². The Morgan fingerprint density at radius 2 is 1.53 bits per heavy atom.